The van der Waals surface area contributed by atoms with Crippen LogP contribution in [-0.2, 0) is 11.3 Å². The molecule has 0 spiro atoms. The molecule has 0 radical (unpaired) electrons. The molecule has 0 unspecified atom stereocenters. The van der Waals surface area contributed by atoms with Crippen LogP contribution in [0.3, 0.4) is 0 Å². The number of amides is 1. The number of hydrogen-bond acceptors (Lipinski definition) is 5. The van der Waals surface area contributed by atoms with Crippen LogP contribution in [-0.4, -0.2) is 44.5 Å². The highest BCUT2D eigenvalue weighted by Crippen LogP contribution is 2.30. The number of hydrogen-bond donors (Lipinski definition) is 0. The van der Waals surface area contributed by atoms with E-state index in [-0.39, 0.29) is 5.91 Å². The molecule has 4 rings (SSSR count). The maximum absolute atomic E-state index is 13.0. The highest BCUT2D eigenvalue weighted by molar-refractivity contribution is 7.99. The number of aromatic nitrogens is 3. The number of benzene rings is 2. The van der Waals surface area contributed by atoms with Crippen molar-refractivity contribution in [3.63, 3.8) is 0 Å². The van der Waals surface area contributed by atoms with Crippen molar-refractivity contribution in [2.75, 3.05) is 12.9 Å². The molecule has 2 aromatic carbocycles. The van der Waals surface area contributed by atoms with Crippen LogP contribution in [0.2, 0.25) is 5.02 Å². The van der Waals surface area contributed by atoms with Gasteiger partial charge in [-0.15, -0.1) is 10.2 Å². The lowest BCUT2D eigenvalue weighted by atomic mass is 10.2. The quantitative estimate of drug-likeness (QED) is 0.503. The van der Waals surface area contributed by atoms with Gasteiger partial charge in [0.15, 0.2) is 5.16 Å². The van der Waals surface area contributed by atoms with Gasteiger partial charge in [0.1, 0.15) is 12.1 Å². The number of carbonyl (C=O) groups is 1. The summed E-state index contributed by atoms with van der Waals surface area (Å²) in [4.78, 5) is 14.9. The summed E-state index contributed by atoms with van der Waals surface area (Å²) in [6, 6.07) is 15.7. The van der Waals surface area contributed by atoms with Gasteiger partial charge in [0, 0.05) is 17.6 Å². The van der Waals surface area contributed by atoms with Crippen LogP contribution in [0.15, 0.2) is 60.0 Å². The van der Waals surface area contributed by atoms with E-state index in [1.165, 1.54) is 11.8 Å². The minimum atomic E-state index is 0.106. The van der Waals surface area contributed by atoms with Gasteiger partial charge < -0.3 is 9.64 Å². The van der Waals surface area contributed by atoms with E-state index >= 15 is 0 Å². The first-order valence-corrected chi connectivity index (χ1v) is 10.7. The minimum Gasteiger partial charge on any atom is -0.497 e. The van der Waals surface area contributed by atoms with Crippen molar-refractivity contribution >= 4 is 29.3 Å². The second kappa shape index (κ2) is 8.88. The standard InChI is InChI=1S/C21H21ClN4O2S/c1-28-19-9-5-15(6-10-19)12-25(17-7-8-17)20(27)13-29-21-24-23-14-26(21)18-4-2-3-16(22)11-18/h2-6,9-11,14,17H,7-8,12-13H2,1H3. The van der Waals surface area contributed by atoms with Crippen molar-refractivity contribution in [2.24, 2.45) is 0 Å². The Morgan fingerprint density at radius 2 is 2.07 bits per heavy atom. The summed E-state index contributed by atoms with van der Waals surface area (Å²) < 4.78 is 7.05. The Hall–Kier alpha value is -2.51. The van der Waals surface area contributed by atoms with E-state index in [1.54, 1.807) is 13.4 Å². The predicted molar refractivity (Wildman–Crippen MR) is 114 cm³/mol. The maximum Gasteiger partial charge on any atom is 0.233 e. The van der Waals surface area contributed by atoms with Crippen molar-refractivity contribution in [3.8, 4) is 11.4 Å². The smallest absolute Gasteiger partial charge is 0.233 e. The van der Waals surface area contributed by atoms with Crippen LogP contribution in [0.4, 0.5) is 0 Å². The Labute approximate surface area is 178 Å². The Balaban J connectivity index is 1.42. The van der Waals surface area contributed by atoms with Crippen molar-refractivity contribution in [1.29, 1.82) is 0 Å². The van der Waals surface area contributed by atoms with E-state index in [4.69, 9.17) is 16.3 Å². The van der Waals surface area contributed by atoms with Gasteiger partial charge in [-0.25, -0.2) is 0 Å². The van der Waals surface area contributed by atoms with Gasteiger partial charge in [0.2, 0.25) is 5.91 Å². The van der Waals surface area contributed by atoms with E-state index in [0.717, 1.165) is 29.8 Å². The zero-order valence-corrected chi connectivity index (χ0v) is 17.6. The van der Waals surface area contributed by atoms with E-state index in [2.05, 4.69) is 10.2 Å². The molecule has 1 amide bonds. The van der Waals surface area contributed by atoms with Crippen molar-refractivity contribution in [3.05, 3.63) is 65.4 Å². The first-order chi connectivity index (χ1) is 14.1. The largest absolute Gasteiger partial charge is 0.497 e. The second-order valence-electron chi connectivity index (χ2n) is 6.85. The molecule has 3 aromatic rings. The molecule has 0 N–H and O–H groups in total. The normalized spacial score (nSPS) is 13.3. The monoisotopic (exact) mass is 428 g/mol. The highest BCUT2D eigenvalue weighted by atomic mass is 35.5. The fraction of sp³-hybridized carbons (Fsp3) is 0.286. The van der Waals surface area contributed by atoms with Gasteiger partial charge in [-0.3, -0.25) is 9.36 Å². The molecule has 0 bridgehead atoms. The molecule has 0 aliphatic heterocycles. The van der Waals surface area contributed by atoms with Gasteiger partial charge in [0.05, 0.1) is 18.6 Å². The van der Waals surface area contributed by atoms with Gasteiger partial charge in [-0.1, -0.05) is 41.6 Å². The first kappa shape index (κ1) is 19.8. The summed E-state index contributed by atoms with van der Waals surface area (Å²) in [7, 11) is 1.65. The molecule has 29 heavy (non-hydrogen) atoms. The van der Waals surface area contributed by atoms with Gasteiger partial charge in [-0.05, 0) is 48.7 Å². The molecule has 1 fully saturated rings. The molecule has 1 saturated carbocycles. The summed E-state index contributed by atoms with van der Waals surface area (Å²) >= 11 is 7.48. The summed E-state index contributed by atoms with van der Waals surface area (Å²) in [5.41, 5.74) is 1.97. The molecule has 1 aliphatic carbocycles. The number of halogens is 1. The molecular weight excluding hydrogens is 408 g/mol. The molecular formula is C21H21ClN4O2S. The molecule has 6 nitrogen and oxygen atoms in total. The Morgan fingerprint density at radius 1 is 1.28 bits per heavy atom. The third-order valence-electron chi connectivity index (χ3n) is 4.75. The van der Waals surface area contributed by atoms with Gasteiger partial charge in [0.25, 0.3) is 0 Å². The summed E-state index contributed by atoms with van der Waals surface area (Å²) in [5, 5.41) is 9.47. The highest BCUT2D eigenvalue weighted by Gasteiger charge is 2.32. The minimum absolute atomic E-state index is 0.106. The maximum atomic E-state index is 13.0. The summed E-state index contributed by atoms with van der Waals surface area (Å²) in [6.07, 6.45) is 3.75. The summed E-state index contributed by atoms with van der Waals surface area (Å²) in [6.45, 7) is 0.606. The third-order valence-corrected chi connectivity index (χ3v) is 5.91. The molecule has 150 valence electrons. The average molecular weight is 429 g/mol. The molecule has 1 aromatic heterocycles. The second-order valence-corrected chi connectivity index (χ2v) is 8.23. The average Bonchev–Trinajstić information content (AvgIpc) is 3.47. The van der Waals surface area contributed by atoms with Gasteiger partial charge >= 0.3 is 0 Å². The zero-order valence-electron chi connectivity index (χ0n) is 16.0. The topological polar surface area (TPSA) is 60.2 Å². The van der Waals surface area contributed by atoms with Gasteiger partial charge in [-0.2, -0.15) is 0 Å². The van der Waals surface area contributed by atoms with E-state index in [9.17, 15) is 4.79 Å². The predicted octanol–water partition coefficient (Wildman–Crippen LogP) is 4.21. The van der Waals surface area contributed by atoms with Crippen molar-refractivity contribution in [2.45, 2.75) is 30.6 Å². The van der Waals surface area contributed by atoms with Crippen LogP contribution in [0.1, 0.15) is 18.4 Å². The van der Waals surface area contributed by atoms with Crippen LogP contribution in [0.5, 0.6) is 5.75 Å². The lowest BCUT2D eigenvalue weighted by Crippen LogP contribution is -2.34. The number of methoxy groups -OCH3 is 1. The molecule has 0 saturated heterocycles. The van der Waals surface area contributed by atoms with E-state index < -0.39 is 0 Å². The zero-order chi connectivity index (χ0) is 20.2. The number of rotatable bonds is 8. The SMILES string of the molecule is COc1ccc(CN(C(=O)CSc2nncn2-c2cccc(Cl)c2)C2CC2)cc1. The Bertz CT molecular complexity index is 988. The third kappa shape index (κ3) is 4.92. The lowest BCUT2D eigenvalue weighted by molar-refractivity contribution is -0.129. The van der Waals surface area contributed by atoms with E-state index in [0.29, 0.717) is 28.5 Å². The Morgan fingerprint density at radius 3 is 2.76 bits per heavy atom. The first-order valence-electron chi connectivity index (χ1n) is 9.35. The van der Waals surface area contributed by atoms with Crippen LogP contribution < -0.4 is 4.74 Å². The molecule has 1 aliphatic rings. The summed E-state index contributed by atoms with van der Waals surface area (Å²) in [5.74, 6) is 1.23. The fourth-order valence-electron chi connectivity index (χ4n) is 3.07. The van der Waals surface area contributed by atoms with Crippen LogP contribution in [0.25, 0.3) is 5.69 Å². The van der Waals surface area contributed by atoms with Crippen LogP contribution >= 0.6 is 23.4 Å². The van der Waals surface area contributed by atoms with Crippen molar-refractivity contribution < 1.29 is 9.53 Å². The lowest BCUT2D eigenvalue weighted by Gasteiger charge is -2.22. The molecule has 1 heterocycles. The fourth-order valence-corrected chi connectivity index (χ4v) is 4.07. The van der Waals surface area contributed by atoms with Crippen molar-refractivity contribution in [1.82, 2.24) is 19.7 Å². The Kier molecular flexibility index (Phi) is 6.06. The molecule has 0 atom stereocenters. The number of nitrogens with zero attached hydrogens (tertiary/aromatic N) is 4. The van der Waals surface area contributed by atoms with Crippen LogP contribution in [0, 0.1) is 0 Å². The number of ether oxygens (including phenoxy) is 1. The van der Waals surface area contributed by atoms with E-state index in [1.807, 2.05) is 58.0 Å². The molecule has 8 heteroatoms. The number of thioether (sulfide) groups is 1. The number of carbonyl (C=O) groups excluding carboxylic acids is 1.